The van der Waals surface area contributed by atoms with Crippen LogP contribution in [-0.2, 0) is 0 Å². The summed E-state index contributed by atoms with van der Waals surface area (Å²) in [6, 6.07) is 0. The Bertz CT molecular complexity index is 48.8. The molecule has 0 aromatic carbocycles. The van der Waals surface area contributed by atoms with Crippen LogP contribution in [0.5, 0.6) is 0 Å². The Morgan fingerprint density at radius 1 is 1.83 bits per heavy atom. The number of alkyl halides is 1. The van der Waals surface area contributed by atoms with Gasteiger partial charge in [-0.1, -0.05) is 0 Å². The van der Waals surface area contributed by atoms with Gasteiger partial charge in [-0.2, -0.15) is 0 Å². The molecule has 0 heterocycles. The van der Waals surface area contributed by atoms with Crippen LogP contribution in [0.1, 0.15) is 0 Å². The number of halogens is 1. The third-order valence-corrected chi connectivity index (χ3v) is 0.655. The molecule has 0 saturated carbocycles. The molecule has 0 unspecified atom stereocenters. The van der Waals surface area contributed by atoms with Crippen LogP contribution < -0.4 is 34.7 Å². The van der Waals surface area contributed by atoms with Gasteiger partial charge in [0.2, 0.25) is 0 Å². The van der Waals surface area contributed by atoms with E-state index in [1.54, 1.807) is 0 Å². The van der Waals surface area contributed by atoms with Crippen molar-refractivity contribution in [1.82, 2.24) is 0 Å². The summed E-state index contributed by atoms with van der Waals surface area (Å²) in [7, 11) is 0. The molecule has 0 atom stereocenters. The summed E-state index contributed by atoms with van der Waals surface area (Å²) in [4.78, 5) is 0. The van der Waals surface area contributed by atoms with Gasteiger partial charge in [0.1, 0.15) is 0 Å². The van der Waals surface area contributed by atoms with Gasteiger partial charge in [0.05, 0.1) is 0 Å². The van der Waals surface area contributed by atoms with Gasteiger partial charge in [-0.05, 0) is 5.05 Å². The molecule has 0 amide bonds. The number of hydrogen-bond donors (Lipinski definition) is 0. The van der Waals surface area contributed by atoms with Crippen LogP contribution in [-0.4, -0.2) is 10.9 Å². The maximum Gasteiger partial charge on any atom is 1.00 e. The summed E-state index contributed by atoms with van der Waals surface area (Å²) in [5.74, 6) is -0.0463. The maximum atomic E-state index is 9.50. The van der Waals surface area contributed by atoms with Crippen molar-refractivity contribution in [2.24, 2.45) is 0 Å². The van der Waals surface area contributed by atoms with E-state index in [2.05, 4.69) is 12.2 Å². The van der Waals surface area contributed by atoms with Crippen LogP contribution in [0.4, 0.5) is 0 Å². The standard InChI is InChI=1S/C2H3ClOS.Na/c3-1-2(4)5;/h1H2,(H,4,5);/q;+1/p-1. The Morgan fingerprint density at radius 3 is 2.00 bits per heavy atom. The minimum atomic E-state index is -0.397. The molecule has 6 heavy (non-hydrogen) atoms. The van der Waals surface area contributed by atoms with E-state index in [0.29, 0.717) is 0 Å². The van der Waals surface area contributed by atoms with Gasteiger partial charge in [-0.3, -0.25) is 0 Å². The fraction of sp³-hybridized carbons (Fsp3) is 0.500. The van der Waals surface area contributed by atoms with Crippen molar-refractivity contribution in [3.63, 3.8) is 0 Å². The summed E-state index contributed by atoms with van der Waals surface area (Å²) in [6.45, 7) is 0. The van der Waals surface area contributed by atoms with Crippen LogP contribution in [0, 0.1) is 0 Å². The average molecular weight is 133 g/mol. The largest absolute Gasteiger partial charge is 1.00 e. The van der Waals surface area contributed by atoms with Crippen molar-refractivity contribution >= 4 is 28.9 Å². The van der Waals surface area contributed by atoms with E-state index in [4.69, 9.17) is 11.6 Å². The van der Waals surface area contributed by atoms with Gasteiger partial charge in [-0.25, -0.2) is 0 Å². The second kappa shape index (κ2) is 6.18. The first kappa shape index (κ1) is 10.2. The molecule has 1 nitrogen and oxygen atoms in total. The van der Waals surface area contributed by atoms with E-state index in [1.807, 2.05) is 0 Å². The molecule has 0 rings (SSSR count). The molecule has 4 heteroatoms. The molecule has 0 aliphatic rings. The molecule has 0 aromatic rings. The van der Waals surface area contributed by atoms with Gasteiger partial charge in [-0.15, -0.1) is 23.8 Å². The normalized spacial score (nSPS) is 6.17. The summed E-state index contributed by atoms with van der Waals surface area (Å²) in [6.07, 6.45) is 0. The number of rotatable bonds is 1. The van der Waals surface area contributed by atoms with Gasteiger partial charge >= 0.3 is 29.6 Å². The summed E-state index contributed by atoms with van der Waals surface area (Å²) >= 11 is 8.89. The Labute approximate surface area is 69.0 Å². The first-order valence-electron chi connectivity index (χ1n) is 1.03. The second-order valence-electron chi connectivity index (χ2n) is 0.506. The van der Waals surface area contributed by atoms with Crippen molar-refractivity contribution in [2.45, 2.75) is 0 Å². The molecule has 0 N–H and O–H groups in total. The van der Waals surface area contributed by atoms with Crippen molar-refractivity contribution in [2.75, 3.05) is 5.88 Å². The van der Waals surface area contributed by atoms with E-state index < -0.39 is 5.05 Å². The third kappa shape index (κ3) is 8.95. The van der Waals surface area contributed by atoms with Crippen molar-refractivity contribution in [1.29, 1.82) is 0 Å². The topological polar surface area (TPSA) is 23.1 Å². The van der Waals surface area contributed by atoms with Gasteiger partial charge in [0.25, 0.3) is 0 Å². The van der Waals surface area contributed by atoms with Crippen LogP contribution >= 0.6 is 23.8 Å². The molecular formula is C2H2ClNaOS. The fourth-order valence-corrected chi connectivity index (χ4v) is 0. The molecule has 0 aliphatic heterocycles. The van der Waals surface area contributed by atoms with Crippen LogP contribution in [0.2, 0.25) is 0 Å². The summed E-state index contributed by atoms with van der Waals surface area (Å²) < 4.78 is 0. The molecule has 0 spiro atoms. The second-order valence-corrected chi connectivity index (χ2v) is 1.23. The van der Waals surface area contributed by atoms with Crippen LogP contribution in [0.25, 0.3) is 0 Å². The molecule has 30 valence electrons. The number of thiocarbonyl (C=S) groups is 1. The quantitative estimate of drug-likeness (QED) is 0.215. The van der Waals surface area contributed by atoms with Gasteiger partial charge in [0, 0.05) is 5.88 Å². The van der Waals surface area contributed by atoms with Crippen molar-refractivity contribution in [3.05, 3.63) is 0 Å². The zero-order valence-electron chi connectivity index (χ0n) is 3.40. The zero-order chi connectivity index (χ0) is 4.28. The predicted octanol–water partition coefficient (Wildman–Crippen LogP) is -3.08. The van der Waals surface area contributed by atoms with Crippen LogP contribution in [0.3, 0.4) is 0 Å². The Balaban J connectivity index is 0. The molecule has 0 bridgehead atoms. The third-order valence-electron chi connectivity index (χ3n) is 0.109. The molecule has 0 radical (unpaired) electrons. The maximum absolute atomic E-state index is 9.50. The summed E-state index contributed by atoms with van der Waals surface area (Å²) in [5, 5.41) is 9.10. The minimum absolute atomic E-state index is 0. The summed E-state index contributed by atoms with van der Waals surface area (Å²) in [5.41, 5.74) is 0. The van der Waals surface area contributed by atoms with Crippen LogP contribution in [0.15, 0.2) is 0 Å². The average Bonchev–Trinajstić information content (AvgIpc) is 1.38. The SMILES string of the molecule is [Na+].[O-]C(=S)CCl. The first-order chi connectivity index (χ1) is 2.27. The fourth-order valence-electron chi connectivity index (χ4n) is 0. The van der Waals surface area contributed by atoms with E-state index in [1.165, 1.54) is 0 Å². The van der Waals surface area contributed by atoms with Crippen molar-refractivity contribution < 1.29 is 34.7 Å². The predicted molar refractivity (Wildman–Crippen MR) is 23.3 cm³/mol. The Hall–Kier alpha value is 1.18. The number of hydrogen-bond acceptors (Lipinski definition) is 2. The molecule has 0 saturated heterocycles. The van der Waals surface area contributed by atoms with Gasteiger partial charge in [0.15, 0.2) is 0 Å². The molecule has 0 fully saturated rings. The van der Waals surface area contributed by atoms with Crippen molar-refractivity contribution in [3.8, 4) is 0 Å². The Morgan fingerprint density at radius 2 is 2.00 bits per heavy atom. The molecule has 0 aromatic heterocycles. The zero-order valence-corrected chi connectivity index (χ0v) is 6.97. The minimum Gasteiger partial charge on any atom is -0.867 e. The first-order valence-corrected chi connectivity index (χ1v) is 1.97. The van der Waals surface area contributed by atoms with E-state index in [-0.39, 0.29) is 35.4 Å². The van der Waals surface area contributed by atoms with E-state index >= 15 is 0 Å². The molecule has 0 aliphatic carbocycles. The van der Waals surface area contributed by atoms with E-state index in [0.717, 1.165) is 0 Å². The van der Waals surface area contributed by atoms with Gasteiger partial charge < -0.3 is 5.11 Å². The monoisotopic (exact) mass is 132 g/mol. The smallest absolute Gasteiger partial charge is 0.867 e. The molecular weight excluding hydrogens is 131 g/mol. The van der Waals surface area contributed by atoms with E-state index in [9.17, 15) is 5.11 Å². The Kier molecular flexibility index (Phi) is 10.5.